The summed E-state index contributed by atoms with van der Waals surface area (Å²) >= 11 is 0. The van der Waals surface area contributed by atoms with E-state index in [2.05, 4.69) is 40.2 Å². The van der Waals surface area contributed by atoms with Crippen LogP contribution >= 0.6 is 0 Å². The summed E-state index contributed by atoms with van der Waals surface area (Å²) in [6, 6.07) is 0.393. The zero-order valence-corrected chi connectivity index (χ0v) is 15.9. The molecule has 8 nitrogen and oxygen atoms in total. The van der Waals surface area contributed by atoms with Crippen LogP contribution in [0.25, 0.3) is 0 Å². The Morgan fingerprint density at radius 1 is 1.38 bits per heavy atom. The van der Waals surface area contributed by atoms with Crippen LogP contribution in [0.4, 0.5) is 0 Å². The fourth-order valence-corrected chi connectivity index (χ4v) is 3.12. The highest BCUT2D eigenvalue weighted by atomic mass is 16.5. The smallest absolute Gasteiger partial charge is 0.229 e. The molecule has 1 aliphatic heterocycles. The third-order valence-corrected chi connectivity index (χ3v) is 4.53. The van der Waals surface area contributed by atoms with Crippen molar-refractivity contribution in [1.82, 2.24) is 24.8 Å². The van der Waals surface area contributed by atoms with Crippen LogP contribution in [-0.2, 0) is 29.0 Å². The van der Waals surface area contributed by atoms with Crippen molar-refractivity contribution in [2.75, 3.05) is 26.8 Å². The number of nitrogens with zero attached hydrogens (tertiary/aromatic N) is 5. The fourth-order valence-electron chi connectivity index (χ4n) is 3.12. The summed E-state index contributed by atoms with van der Waals surface area (Å²) in [6.45, 7) is 8.17. The largest absolute Gasteiger partial charge is 0.384 e. The molecule has 144 valence electrons. The Kier molecular flexibility index (Phi) is 6.76. The van der Waals surface area contributed by atoms with E-state index in [1.54, 1.807) is 7.11 Å². The number of hydrogen-bond donors (Lipinski definition) is 0. The summed E-state index contributed by atoms with van der Waals surface area (Å²) in [4.78, 5) is 6.76. The van der Waals surface area contributed by atoms with E-state index in [4.69, 9.17) is 14.0 Å². The Bertz CT molecular complexity index is 669. The van der Waals surface area contributed by atoms with Crippen molar-refractivity contribution in [3.05, 3.63) is 29.7 Å². The number of rotatable bonds is 9. The summed E-state index contributed by atoms with van der Waals surface area (Å²) in [5.74, 6) is 1.20. The number of ether oxygens (including phenoxy) is 2. The molecule has 0 amide bonds. The molecule has 26 heavy (non-hydrogen) atoms. The predicted octanol–water partition coefficient (Wildman–Crippen LogP) is 2.22. The molecule has 3 rings (SSSR count). The third-order valence-electron chi connectivity index (χ3n) is 4.53. The minimum absolute atomic E-state index is 0.199. The van der Waals surface area contributed by atoms with Gasteiger partial charge < -0.3 is 14.0 Å². The molecule has 0 aliphatic carbocycles. The number of aromatic nitrogens is 4. The first kappa shape index (κ1) is 19.0. The molecule has 0 radical (unpaired) electrons. The van der Waals surface area contributed by atoms with Gasteiger partial charge in [-0.1, -0.05) is 5.16 Å². The highest BCUT2D eigenvalue weighted by Gasteiger charge is 2.21. The second kappa shape index (κ2) is 9.25. The standard InChI is InChI=1S/C18H29N5O3/c1-14(2)23-11-15(9-19-23)10-22-7-4-5-16(12-22)25-13-17-20-18(26-21-17)6-8-24-3/h9,11,14,16H,4-8,10,12-13H2,1-3H3. The minimum atomic E-state index is 0.199. The Hall–Kier alpha value is -1.77. The summed E-state index contributed by atoms with van der Waals surface area (Å²) in [5.41, 5.74) is 1.25. The van der Waals surface area contributed by atoms with Gasteiger partial charge in [0, 0.05) is 38.0 Å². The van der Waals surface area contributed by atoms with Crippen molar-refractivity contribution in [1.29, 1.82) is 0 Å². The summed E-state index contributed by atoms with van der Waals surface area (Å²) in [7, 11) is 1.66. The van der Waals surface area contributed by atoms with Crippen LogP contribution in [0.5, 0.6) is 0 Å². The van der Waals surface area contributed by atoms with Crippen molar-refractivity contribution >= 4 is 0 Å². The van der Waals surface area contributed by atoms with Gasteiger partial charge in [0.15, 0.2) is 5.82 Å². The topological polar surface area (TPSA) is 78.4 Å². The van der Waals surface area contributed by atoms with Gasteiger partial charge in [-0.2, -0.15) is 10.1 Å². The lowest BCUT2D eigenvalue weighted by molar-refractivity contribution is -0.0151. The van der Waals surface area contributed by atoms with Gasteiger partial charge in [0.05, 0.1) is 25.3 Å². The predicted molar refractivity (Wildman–Crippen MR) is 95.6 cm³/mol. The van der Waals surface area contributed by atoms with Crippen molar-refractivity contribution in [2.45, 2.75) is 58.4 Å². The lowest BCUT2D eigenvalue weighted by Crippen LogP contribution is -2.39. The van der Waals surface area contributed by atoms with Gasteiger partial charge in [0.25, 0.3) is 0 Å². The van der Waals surface area contributed by atoms with Crippen LogP contribution in [0.15, 0.2) is 16.9 Å². The van der Waals surface area contributed by atoms with E-state index >= 15 is 0 Å². The van der Waals surface area contributed by atoms with Crippen LogP contribution in [0.3, 0.4) is 0 Å². The molecule has 1 fully saturated rings. The lowest BCUT2D eigenvalue weighted by atomic mass is 10.1. The average Bonchev–Trinajstić information content (AvgIpc) is 3.28. The van der Waals surface area contributed by atoms with Gasteiger partial charge in [-0.15, -0.1) is 0 Å². The van der Waals surface area contributed by atoms with E-state index in [1.807, 2.05) is 10.9 Å². The number of likely N-dealkylation sites (tertiary alicyclic amines) is 1. The monoisotopic (exact) mass is 363 g/mol. The molecule has 0 aromatic carbocycles. The molecule has 0 bridgehead atoms. The van der Waals surface area contributed by atoms with E-state index in [0.717, 1.165) is 32.5 Å². The van der Waals surface area contributed by atoms with Gasteiger partial charge >= 0.3 is 0 Å². The molecular weight excluding hydrogens is 334 g/mol. The van der Waals surface area contributed by atoms with E-state index in [9.17, 15) is 0 Å². The van der Waals surface area contributed by atoms with Gasteiger partial charge in [-0.05, 0) is 33.2 Å². The SMILES string of the molecule is COCCc1nc(COC2CCCN(Cc3cnn(C(C)C)c3)C2)no1. The second-order valence-electron chi connectivity index (χ2n) is 7.08. The zero-order chi connectivity index (χ0) is 18.4. The second-order valence-corrected chi connectivity index (χ2v) is 7.08. The maximum absolute atomic E-state index is 6.02. The molecule has 1 saturated heterocycles. The molecule has 0 saturated carbocycles. The normalized spacial score (nSPS) is 18.7. The first-order chi connectivity index (χ1) is 12.6. The van der Waals surface area contributed by atoms with E-state index in [0.29, 0.717) is 37.4 Å². The molecule has 2 aromatic rings. The molecule has 0 N–H and O–H groups in total. The van der Waals surface area contributed by atoms with Gasteiger partial charge in [-0.3, -0.25) is 9.58 Å². The van der Waals surface area contributed by atoms with Crippen LogP contribution < -0.4 is 0 Å². The quantitative estimate of drug-likeness (QED) is 0.676. The van der Waals surface area contributed by atoms with E-state index in [1.165, 1.54) is 5.56 Å². The average molecular weight is 363 g/mol. The van der Waals surface area contributed by atoms with E-state index in [-0.39, 0.29) is 6.10 Å². The van der Waals surface area contributed by atoms with Gasteiger partial charge in [0.1, 0.15) is 6.61 Å². The number of piperidine rings is 1. The molecular formula is C18H29N5O3. The summed E-state index contributed by atoms with van der Waals surface area (Å²) in [6.07, 6.45) is 7.13. The summed E-state index contributed by atoms with van der Waals surface area (Å²) < 4.78 is 18.2. The van der Waals surface area contributed by atoms with Crippen molar-refractivity contribution in [3.63, 3.8) is 0 Å². The molecule has 2 aromatic heterocycles. The van der Waals surface area contributed by atoms with Gasteiger partial charge in [-0.25, -0.2) is 0 Å². The van der Waals surface area contributed by atoms with Crippen LogP contribution in [-0.4, -0.2) is 57.7 Å². The van der Waals surface area contributed by atoms with Crippen molar-refractivity contribution < 1.29 is 14.0 Å². The van der Waals surface area contributed by atoms with Gasteiger partial charge in [0.2, 0.25) is 5.89 Å². The highest BCUT2D eigenvalue weighted by Crippen LogP contribution is 2.17. The molecule has 1 atom stereocenters. The van der Waals surface area contributed by atoms with Crippen LogP contribution in [0, 0.1) is 0 Å². The Balaban J connectivity index is 1.45. The first-order valence-electron chi connectivity index (χ1n) is 9.31. The maximum atomic E-state index is 6.02. The lowest BCUT2D eigenvalue weighted by Gasteiger charge is -2.32. The minimum Gasteiger partial charge on any atom is -0.384 e. The first-order valence-corrected chi connectivity index (χ1v) is 9.31. The molecule has 1 aliphatic rings. The molecule has 3 heterocycles. The molecule has 1 unspecified atom stereocenters. The Morgan fingerprint density at radius 2 is 2.27 bits per heavy atom. The van der Waals surface area contributed by atoms with Crippen molar-refractivity contribution in [2.24, 2.45) is 0 Å². The third kappa shape index (κ3) is 5.36. The Labute approximate surface area is 154 Å². The number of hydrogen-bond acceptors (Lipinski definition) is 7. The zero-order valence-electron chi connectivity index (χ0n) is 15.9. The Morgan fingerprint density at radius 3 is 3.04 bits per heavy atom. The van der Waals surface area contributed by atoms with Crippen LogP contribution in [0.2, 0.25) is 0 Å². The highest BCUT2D eigenvalue weighted by molar-refractivity contribution is 5.04. The van der Waals surface area contributed by atoms with E-state index < -0.39 is 0 Å². The van der Waals surface area contributed by atoms with Crippen molar-refractivity contribution in [3.8, 4) is 0 Å². The van der Waals surface area contributed by atoms with Crippen LogP contribution in [0.1, 0.15) is 50.0 Å². The molecule has 8 heteroatoms. The summed E-state index contributed by atoms with van der Waals surface area (Å²) in [5, 5.41) is 8.39. The fraction of sp³-hybridized carbons (Fsp3) is 0.722. The molecule has 0 spiro atoms. The number of methoxy groups -OCH3 is 1. The maximum Gasteiger partial charge on any atom is 0.229 e.